The van der Waals surface area contributed by atoms with Crippen molar-refractivity contribution in [2.75, 3.05) is 12.3 Å². The normalized spacial score (nSPS) is 16.1. The molecule has 2 nitrogen and oxygen atoms in total. The van der Waals surface area contributed by atoms with E-state index in [1.165, 1.54) is 31.3 Å². The first kappa shape index (κ1) is 13.6. The van der Waals surface area contributed by atoms with Gasteiger partial charge in [0.1, 0.15) is 0 Å². The van der Waals surface area contributed by atoms with E-state index in [9.17, 15) is 4.79 Å². The van der Waals surface area contributed by atoms with E-state index in [0.29, 0.717) is 11.0 Å². The Labute approximate surface area is 103 Å². The summed E-state index contributed by atoms with van der Waals surface area (Å²) in [5.74, 6) is 0.770. The SMILES string of the molecule is CC(C)SCC(=O)NCCC1=CCCCC1. The van der Waals surface area contributed by atoms with Crippen LogP contribution in [0.2, 0.25) is 0 Å². The summed E-state index contributed by atoms with van der Waals surface area (Å²) in [7, 11) is 0. The Morgan fingerprint density at radius 3 is 2.94 bits per heavy atom. The lowest BCUT2D eigenvalue weighted by Gasteiger charge is -2.13. The average molecular weight is 241 g/mol. The molecule has 0 atom stereocenters. The van der Waals surface area contributed by atoms with Crippen molar-refractivity contribution < 1.29 is 4.79 Å². The zero-order valence-corrected chi connectivity index (χ0v) is 11.2. The minimum Gasteiger partial charge on any atom is -0.355 e. The fourth-order valence-corrected chi connectivity index (χ4v) is 2.37. The Kier molecular flexibility index (Phi) is 6.62. The molecule has 16 heavy (non-hydrogen) atoms. The van der Waals surface area contributed by atoms with Crippen molar-refractivity contribution in [3.05, 3.63) is 11.6 Å². The third-order valence-corrected chi connectivity index (χ3v) is 3.80. The summed E-state index contributed by atoms with van der Waals surface area (Å²) in [6, 6.07) is 0. The molecule has 0 fully saturated rings. The standard InChI is InChI=1S/C13H23NOS/c1-11(2)16-10-13(15)14-9-8-12-6-4-3-5-7-12/h6,11H,3-5,7-10H2,1-2H3,(H,14,15). The number of nitrogens with one attached hydrogen (secondary N) is 1. The maximum Gasteiger partial charge on any atom is 0.230 e. The fourth-order valence-electron chi connectivity index (χ4n) is 1.79. The van der Waals surface area contributed by atoms with Crippen molar-refractivity contribution in [3.8, 4) is 0 Å². The van der Waals surface area contributed by atoms with Crippen LogP contribution < -0.4 is 5.32 Å². The molecule has 0 aromatic heterocycles. The quantitative estimate of drug-likeness (QED) is 0.724. The predicted octanol–water partition coefficient (Wildman–Crippen LogP) is 3.13. The van der Waals surface area contributed by atoms with Gasteiger partial charge in [0.25, 0.3) is 0 Å². The lowest BCUT2D eigenvalue weighted by atomic mass is 9.97. The molecule has 0 radical (unpaired) electrons. The van der Waals surface area contributed by atoms with Crippen LogP contribution in [0.5, 0.6) is 0 Å². The number of thioether (sulfide) groups is 1. The zero-order chi connectivity index (χ0) is 11.8. The van der Waals surface area contributed by atoms with Gasteiger partial charge in [-0.1, -0.05) is 25.5 Å². The van der Waals surface area contributed by atoms with Gasteiger partial charge in [-0.25, -0.2) is 0 Å². The summed E-state index contributed by atoms with van der Waals surface area (Å²) in [4.78, 5) is 11.4. The second-order valence-corrected chi connectivity index (χ2v) is 6.13. The average Bonchev–Trinajstić information content (AvgIpc) is 2.28. The highest BCUT2D eigenvalue weighted by atomic mass is 32.2. The number of amides is 1. The molecule has 3 heteroatoms. The number of hydrogen-bond acceptors (Lipinski definition) is 2. The molecule has 0 bridgehead atoms. The summed E-state index contributed by atoms with van der Waals surface area (Å²) in [6.45, 7) is 5.04. The van der Waals surface area contributed by atoms with Gasteiger partial charge in [0.15, 0.2) is 0 Å². The first-order valence-electron chi connectivity index (χ1n) is 6.24. The van der Waals surface area contributed by atoms with Crippen LogP contribution in [0.3, 0.4) is 0 Å². The molecule has 1 N–H and O–H groups in total. The van der Waals surface area contributed by atoms with Crippen LogP contribution >= 0.6 is 11.8 Å². The predicted molar refractivity (Wildman–Crippen MR) is 71.8 cm³/mol. The van der Waals surface area contributed by atoms with Crippen LogP contribution in [0.1, 0.15) is 46.0 Å². The van der Waals surface area contributed by atoms with E-state index in [-0.39, 0.29) is 5.91 Å². The van der Waals surface area contributed by atoms with Crippen molar-refractivity contribution >= 4 is 17.7 Å². The van der Waals surface area contributed by atoms with Crippen LogP contribution in [-0.4, -0.2) is 23.5 Å². The van der Waals surface area contributed by atoms with Crippen LogP contribution in [0.15, 0.2) is 11.6 Å². The van der Waals surface area contributed by atoms with E-state index >= 15 is 0 Å². The van der Waals surface area contributed by atoms with Crippen LogP contribution in [-0.2, 0) is 4.79 Å². The van der Waals surface area contributed by atoms with E-state index in [4.69, 9.17) is 0 Å². The van der Waals surface area contributed by atoms with Crippen LogP contribution in [0.25, 0.3) is 0 Å². The molecule has 0 aromatic carbocycles. The number of carbonyl (C=O) groups is 1. The van der Waals surface area contributed by atoms with E-state index in [1.54, 1.807) is 11.8 Å². The molecule has 0 aliphatic heterocycles. The maximum atomic E-state index is 11.4. The van der Waals surface area contributed by atoms with Gasteiger partial charge in [0.05, 0.1) is 5.75 Å². The monoisotopic (exact) mass is 241 g/mol. The smallest absolute Gasteiger partial charge is 0.230 e. The van der Waals surface area contributed by atoms with Gasteiger partial charge in [0, 0.05) is 6.54 Å². The van der Waals surface area contributed by atoms with Crippen molar-refractivity contribution in [3.63, 3.8) is 0 Å². The van der Waals surface area contributed by atoms with Gasteiger partial charge < -0.3 is 5.32 Å². The first-order chi connectivity index (χ1) is 7.68. The van der Waals surface area contributed by atoms with Gasteiger partial charge in [-0.05, 0) is 37.4 Å². The highest BCUT2D eigenvalue weighted by Gasteiger charge is 2.05. The van der Waals surface area contributed by atoms with Crippen molar-refractivity contribution in [2.24, 2.45) is 0 Å². The van der Waals surface area contributed by atoms with E-state index in [0.717, 1.165) is 13.0 Å². The number of rotatable bonds is 6. The molecule has 0 aromatic rings. The van der Waals surface area contributed by atoms with Gasteiger partial charge in [-0.2, -0.15) is 0 Å². The second-order valence-electron chi connectivity index (χ2n) is 4.57. The first-order valence-corrected chi connectivity index (χ1v) is 7.29. The summed E-state index contributed by atoms with van der Waals surface area (Å²) >= 11 is 1.70. The molecule has 1 rings (SSSR count). The second kappa shape index (κ2) is 7.77. The zero-order valence-electron chi connectivity index (χ0n) is 10.4. The summed E-state index contributed by atoms with van der Waals surface area (Å²) in [5.41, 5.74) is 1.53. The molecule has 0 heterocycles. The van der Waals surface area contributed by atoms with Crippen molar-refractivity contribution in [2.45, 2.75) is 51.2 Å². The Balaban J connectivity index is 2.05. The number of carbonyl (C=O) groups excluding carboxylic acids is 1. The molecule has 92 valence electrons. The van der Waals surface area contributed by atoms with Gasteiger partial charge in [0.2, 0.25) is 5.91 Å². The molecule has 0 unspecified atom stereocenters. The van der Waals surface area contributed by atoms with Gasteiger partial charge in [-0.15, -0.1) is 11.8 Å². The van der Waals surface area contributed by atoms with Crippen LogP contribution in [0, 0.1) is 0 Å². The van der Waals surface area contributed by atoms with E-state index in [1.807, 2.05) is 0 Å². The Morgan fingerprint density at radius 2 is 2.31 bits per heavy atom. The lowest BCUT2D eigenvalue weighted by Crippen LogP contribution is -2.27. The third-order valence-electron chi connectivity index (χ3n) is 2.70. The third kappa shape index (κ3) is 6.21. The summed E-state index contributed by atoms with van der Waals surface area (Å²) < 4.78 is 0. The topological polar surface area (TPSA) is 29.1 Å². The Hall–Kier alpha value is -0.440. The molecule has 0 saturated carbocycles. The highest BCUT2D eigenvalue weighted by molar-refractivity contribution is 8.00. The molecular weight excluding hydrogens is 218 g/mol. The molecule has 0 spiro atoms. The largest absolute Gasteiger partial charge is 0.355 e. The highest BCUT2D eigenvalue weighted by Crippen LogP contribution is 2.19. The number of allylic oxidation sites excluding steroid dienone is 1. The fraction of sp³-hybridized carbons (Fsp3) is 0.769. The molecule has 1 amide bonds. The lowest BCUT2D eigenvalue weighted by molar-refractivity contribution is -0.118. The Morgan fingerprint density at radius 1 is 1.50 bits per heavy atom. The van der Waals surface area contributed by atoms with Crippen molar-refractivity contribution in [1.82, 2.24) is 5.32 Å². The van der Waals surface area contributed by atoms with Crippen molar-refractivity contribution in [1.29, 1.82) is 0 Å². The minimum atomic E-state index is 0.176. The van der Waals surface area contributed by atoms with Gasteiger partial charge >= 0.3 is 0 Å². The molecule has 1 aliphatic rings. The summed E-state index contributed by atoms with van der Waals surface area (Å²) in [6.07, 6.45) is 8.50. The van der Waals surface area contributed by atoms with E-state index < -0.39 is 0 Å². The maximum absolute atomic E-state index is 11.4. The minimum absolute atomic E-state index is 0.176. The molecule has 1 aliphatic carbocycles. The Bertz CT molecular complexity index is 248. The number of hydrogen-bond donors (Lipinski definition) is 1. The van der Waals surface area contributed by atoms with Crippen LogP contribution in [0.4, 0.5) is 0 Å². The summed E-state index contributed by atoms with van der Waals surface area (Å²) in [5, 5.41) is 3.52. The van der Waals surface area contributed by atoms with E-state index in [2.05, 4.69) is 25.2 Å². The van der Waals surface area contributed by atoms with Gasteiger partial charge in [-0.3, -0.25) is 4.79 Å². The molecule has 0 saturated heterocycles. The molecular formula is C13H23NOS.